The Balaban J connectivity index is 2.41. The Hall–Kier alpha value is -1.45. The summed E-state index contributed by atoms with van der Waals surface area (Å²) in [7, 11) is -2.35. The summed E-state index contributed by atoms with van der Waals surface area (Å²) in [6.07, 6.45) is 0.435. The smallest absolute Gasteiger partial charge is 0.357 e. The molecule has 1 aromatic heterocycles. The fraction of sp³-hybridized carbons (Fsp3) is 0.600. The van der Waals surface area contributed by atoms with Gasteiger partial charge in [0.15, 0.2) is 5.69 Å². The first-order valence-electron chi connectivity index (χ1n) is 5.69. The van der Waals surface area contributed by atoms with Gasteiger partial charge in [0.05, 0.1) is 11.8 Å². The summed E-state index contributed by atoms with van der Waals surface area (Å²) < 4.78 is 31.2. The van der Waals surface area contributed by atoms with Crippen LogP contribution in [0.5, 0.6) is 0 Å². The fourth-order valence-electron chi connectivity index (χ4n) is 2.12. The zero-order chi connectivity index (χ0) is 14.2. The van der Waals surface area contributed by atoms with Crippen LogP contribution in [0.3, 0.4) is 0 Å². The lowest BCUT2D eigenvalue weighted by Crippen LogP contribution is -2.31. The van der Waals surface area contributed by atoms with Gasteiger partial charge in [-0.05, 0) is 13.3 Å². The van der Waals surface area contributed by atoms with E-state index in [4.69, 9.17) is 9.84 Å². The maximum Gasteiger partial charge on any atom is 0.357 e. The van der Waals surface area contributed by atoms with E-state index in [9.17, 15) is 13.2 Å². The van der Waals surface area contributed by atoms with Crippen LogP contribution in [-0.4, -0.2) is 60.3 Å². The number of nitrogens with zero attached hydrogens (tertiary/aromatic N) is 2. The number of carboxylic acids is 1. The first-order chi connectivity index (χ1) is 8.87. The molecular formula is C10H15N3O5S. The van der Waals surface area contributed by atoms with Gasteiger partial charge in [0.25, 0.3) is 0 Å². The maximum absolute atomic E-state index is 12.5. The van der Waals surface area contributed by atoms with Gasteiger partial charge in [-0.25, -0.2) is 13.2 Å². The highest BCUT2D eigenvalue weighted by Gasteiger charge is 2.37. The van der Waals surface area contributed by atoms with Crippen LogP contribution < -0.4 is 0 Å². The van der Waals surface area contributed by atoms with E-state index in [1.165, 1.54) is 18.3 Å². The lowest BCUT2D eigenvalue weighted by molar-refractivity contribution is 0.0686. The van der Waals surface area contributed by atoms with Crippen LogP contribution >= 0.6 is 0 Å². The van der Waals surface area contributed by atoms with Crippen molar-refractivity contribution in [2.24, 2.45) is 0 Å². The van der Waals surface area contributed by atoms with Crippen molar-refractivity contribution >= 4 is 16.0 Å². The molecule has 1 fully saturated rings. The number of aromatic carboxylic acids is 1. The average molecular weight is 289 g/mol. The van der Waals surface area contributed by atoms with Gasteiger partial charge in [-0.15, -0.1) is 0 Å². The molecule has 106 valence electrons. The Bertz CT molecular complexity index is 594. The Kier molecular flexibility index (Phi) is 3.61. The number of carbonyl (C=O) groups is 1. The molecule has 1 aliphatic heterocycles. The van der Waals surface area contributed by atoms with E-state index in [-0.39, 0.29) is 23.2 Å². The summed E-state index contributed by atoms with van der Waals surface area (Å²) in [4.78, 5) is 10.8. The summed E-state index contributed by atoms with van der Waals surface area (Å²) >= 11 is 0. The lowest BCUT2D eigenvalue weighted by atomic mass is 10.3. The molecule has 19 heavy (non-hydrogen) atoms. The molecule has 0 saturated carbocycles. The van der Waals surface area contributed by atoms with Gasteiger partial charge in [0, 0.05) is 20.2 Å². The number of aromatic nitrogens is 2. The van der Waals surface area contributed by atoms with Crippen LogP contribution in [0.4, 0.5) is 0 Å². The van der Waals surface area contributed by atoms with E-state index in [2.05, 4.69) is 10.2 Å². The van der Waals surface area contributed by atoms with Gasteiger partial charge >= 0.3 is 5.97 Å². The maximum atomic E-state index is 12.5. The van der Waals surface area contributed by atoms with E-state index in [0.29, 0.717) is 13.0 Å². The zero-order valence-corrected chi connectivity index (χ0v) is 11.4. The molecule has 9 heteroatoms. The van der Waals surface area contributed by atoms with Crippen molar-refractivity contribution in [2.45, 2.75) is 24.3 Å². The predicted octanol–water partition coefficient (Wildman–Crippen LogP) is -0.174. The zero-order valence-electron chi connectivity index (χ0n) is 10.6. The third kappa shape index (κ3) is 2.36. The van der Waals surface area contributed by atoms with Crippen molar-refractivity contribution in [1.29, 1.82) is 0 Å². The minimum absolute atomic E-state index is 0.157. The van der Waals surface area contributed by atoms with E-state index < -0.39 is 21.7 Å². The highest BCUT2D eigenvalue weighted by Crippen LogP contribution is 2.26. The molecule has 2 heterocycles. The molecule has 1 atom stereocenters. The van der Waals surface area contributed by atoms with E-state index in [1.807, 2.05) is 0 Å². The molecule has 0 bridgehead atoms. The summed E-state index contributed by atoms with van der Waals surface area (Å²) in [6, 6.07) is 0. The third-order valence-corrected chi connectivity index (χ3v) is 5.16. The molecule has 2 N–H and O–H groups in total. The van der Waals surface area contributed by atoms with Crippen LogP contribution in [0, 0.1) is 6.92 Å². The number of methoxy groups -OCH3 is 1. The number of rotatable bonds is 4. The topological polar surface area (TPSA) is 113 Å². The Labute approximate surface area is 110 Å². The van der Waals surface area contributed by atoms with Crippen LogP contribution in [0.25, 0.3) is 0 Å². The molecule has 1 saturated heterocycles. The summed E-state index contributed by atoms with van der Waals surface area (Å²) in [5, 5.41) is 14.9. The molecule has 1 unspecified atom stereocenters. The number of ether oxygens (including phenoxy) is 1. The standard InChI is InChI=1S/C10H15N3O5S/c1-6-9(8(10(14)15)12-11-6)19(16,17)13-4-3-7(5-13)18-2/h7H,3-5H2,1-2H3,(H,11,12)(H,14,15). The molecule has 0 aliphatic carbocycles. The molecule has 2 rings (SSSR count). The van der Waals surface area contributed by atoms with Crippen LogP contribution in [0.2, 0.25) is 0 Å². The number of hydrogen-bond acceptors (Lipinski definition) is 5. The minimum atomic E-state index is -3.87. The van der Waals surface area contributed by atoms with Crippen molar-refractivity contribution in [3.05, 3.63) is 11.4 Å². The molecule has 1 aromatic rings. The van der Waals surface area contributed by atoms with Gasteiger partial charge in [-0.1, -0.05) is 0 Å². The largest absolute Gasteiger partial charge is 0.476 e. The van der Waals surface area contributed by atoms with Gasteiger partial charge in [-0.2, -0.15) is 9.40 Å². The Morgan fingerprint density at radius 2 is 2.26 bits per heavy atom. The number of hydrogen-bond donors (Lipinski definition) is 2. The second-order valence-electron chi connectivity index (χ2n) is 4.34. The second kappa shape index (κ2) is 4.91. The third-order valence-electron chi connectivity index (χ3n) is 3.13. The summed E-state index contributed by atoms with van der Waals surface area (Å²) in [6.45, 7) is 2.02. The van der Waals surface area contributed by atoms with Crippen LogP contribution in [0.15, 0.2) is 4.90 Å². The second-order valence-corrected chi connectivity index (χ2v) is 6.22. The molecule has 1 aliphatic rings. The first kappa shape index (κ1) is 14.0. The highest BCUT2D eigenvalue weighted by molar-refractivity contribution is 7.89. The Morgan fingerprint density at radius 3 is 2.79 bits per heavy atom. The monoisotopic (exact) mass is 289 g/mol. The quantitative estimate of drug-likeness (QED) is 0.795. The van der Waals surface area contributed by atoms with Gasteiger partial charge in [0.1, 0.15) is 4.90 Å². The molecule has 0 spiro atoms. The number of carboxylic acid groups (broad SMARTS) is 1. The lowest BCUT2D eigenvalue weighted by Gasteiger charge is -2.16. The van der Waals surface area contributed by atoms with Gasteiger partial charge in [0.2, 0.25) is 10.0 Å². The van der Waals surface area contributed by atoms with E-state index in [1.54, 1.807) is 0 Å². The molecule has 0 radical (unpaired) electrons. The number of sulfonamides is 1. The number of aromatic amines is 1. The van der Waals surface area contributed by atoms with Crippen molar-refractivity contribution < 1.29 is 23.1 Å². The predicted molar refractivity (Wildman–Crippen MR) is 64.5 cm³/mol. The Morgan fingerprint density at radius 1 is 1.58 bits per heavy atom. The first-order valence-corrected chi connectivity index (χ1v) is 7.13. The van der Waals surface area contributed by atoms with Crippen LogP contribution in [0.1, 0.15) is 22.6 Å². The SMILES string of the molecule is COC1CCN(S(=O)(=O)c2c(C(=O)O)n[nH]c2C)C1. The number of aryl methyl sites for hydroxylation is 1. The summed E-state index contributed by atoms with van der Waals surface area (Å²) in [5.41, 5.74) is -0.253. The van der Waals surface area contributed by atoms with E-state index in [0.717, 1.165) is 0 Å². The normalized spacial score (nSPS) is 20.8. The molecule has 0 aromatic carbocycles. The van der Waals surface area contributed by atoms with Gasteiger partial charge < -0.3 is 9.84 Å². The number of H-pyrrole nitrogens is 1. The average Bonchev–Trinajstić information content (AvgIpc) is 2.94. The highest BCUT2D eigenvalue weighted by atomic mass is 32.2. The van der Waals surface area contributed by atoms with Crippen molar-refractivity contribution in [3.63, 3.8) is 0 Å². The molecule has 0 amide bonds. The van der Waals surface area contributed by atoms with Crippen molar-refractivity contribution in [2.75, 3.05) is 20.2 Å². The summed E-state index contributed by atoms with van der Waals surface area (Å²) in [5.74, 6) is -1.37. The fourth-order valence-corrected chi connectivity index (χ4v) is 3.89. The number of nitrogens with one attached hydrogen (secondary N) is 1. The minimum Gasteiger partial charge on any atom is -0.476 e. The molecular weight excluding hydrogens is 274 g/mol. The van der Waals surface area contributed by atoms with Gasteiger partial charge in [-0.3, -0.25) is 5.10 Å². The van der Waals surface area contributed by atoms with Crippen molar-refractivity contribution in [1.82, 2.24) is 14.5 Å². The van der Waals surface area contributed by atoms with Crippen molar-refractivity contribution in [3.8, 4) is 0 Å². The molecule has 8 nitrogen and oxygen atoms in total. The van der Waals surface area contributed by atoms with Crippen LogP contribution in [-0.2, 0) is 14.8 Å². The van der Waals surface area contributed by atoms with E-state index >= 15 is 0 Å².